The van der Waals surface area contributed by atoms with Crippen LogP contribution in [0.4, 0.5) is 5.69 Å². The molecule has 0 atom stereocenters. The number of carboxylic acid groups (broad SMARTS) is 1. The van der Waals surface area contributed by atoms with Gasteiger partial charge < -0.3 is 9.90 Å². The number of carbonyl (C=O) groups excluding carboxylic acids is 1. The largest absolute Gasteiger partial charge is 0.544 e. The fourth-order valence-corrected chi connectivity index (χ4v) is 2.82. The lowest BCUT2D eigenvalue weighted by molar-refractivity contribution is -0.384. The van der Waals surface area contributed by atoms with E-state index in [4.69, 9.17) is 0 Å². The number of carbonyl (C=O) groups is 1. The maximum Gasteiger partial charge on any atom is 0.269 e. The van der Waals surface area contributed by atoms with E-state index >= 15 is 0 Å². The van der Waals surface area contributed by atoms with Crippen molar-refractivity contribution < 1.29 is 14.8 Å². The van der Waals surface area contributed by atoms with Gasteiger partial charge in [-0.1, -0.05) is 11.8 Å². The molecule has 1 aromatic carbocycles. The van der Waals surface area contributed by atoms with E-state index in [0.717, 1.165) is 17.3 Å². The van der Waals surface area contributed by atoms with Gasteiger partial charge in [0.25, 0.3) is 5.69 Å². The molecule has 20 heavy (non-hydrogen) atoms. The van der Waals surface area contributed by atoms with E-state index in [-0.39, 0.29) is 10.6 Å². The first-order valence-electron chi connectivity index (χ1n) is 5.44. The topological polar surface area (TPSA) is 83.3 Å². The number of thiophene rings is 1. The molecule has 1 heterocycles. The number of nitro groups is 1. The van der Waals surface area contributed by atoms with Crippen LogP contribution in [0.3, 0.4) is 0 Å². The number of non-ortho nitro benzene ring substituents is 1. The highest BCUT2D eigenvalue weighted by Gasteiger charge is 2.07. The van der Waals surface area contributed by atoms with Crippen molar-refractivity contribution in [3.8, 4) is 0 Å². The van der Waals surface area contributed by atoms with Crippen LogP contribution in [0.25, 0.3) is 6.08 Å². The van der Waals surface area contributed by atoms with Gasteiger partial charge in [-0.3, -0.25) is 10.1 Å². The molecule has 0 N–H and O–H groups in total. The molecule has 7 heteroatoms. The van der Waals surface area contributed by atoms with Crippen molar-refractivity contribution in [3.05, 3.63) is 61.7 Å². The highest BCUT2D eigenvalue weighted by molar-refractivity contribution is 8.04. The molecule has 0 amide bonds. The van der Waals surface area contributed by atoms with Crippen LogP contribution in [0, 0.1) is 10.1 Å². The quantitative estimate of drug-likeness (QED) is 0.367. The van der Waals surface area contributed by atoms with E-state index in [1.54, 1.807) is 6.07 Å². The Morgan fingerprint density at radius 3 is 2.45 bits per heavy atom. The summed E-state index contributed by atoms with van der Waals surface area (Å²) in [4.78, 5) is 21.8. The summed E-state index contributed by atoms with van der Waals surface area (Å²) >= 11 is 2.46. The summed E-state index contributed by atoms with van der Waals surface area (Å²) in [5.41, 5.74) is 0.745. The lowest BCUT2D eigenvalue weighted by Crippen LogP contribution is -2.22. The van der Waals surface area contributed by atoms with Crippen LogP contribution in [0.2, 0.25) is 0 Å². The summed E-state index contributed by atoms with van der Waals surface area (Å²) in [5, 5.41) is 25.3. The molecule has 1 aromatic heterocycles. The van der Waals surface area contributed by atoms with Crippen molar-refractivity contribution in [2.45, 2.75) is 4.90 Å². The second-order valence-electron chi connectivity index (χ2n) is 3.71. The third-order valence-electron chi connectivity index (χ3n) is 2.32. The minimum atomic E-state index is -1.28. The monoisotopic (exact) mass is 306 g/mol. The van der Waals surface area contributed by atoms with E-state index < -0.39 is 10.9 Å². The highest BCUT2D eigenvalue weighted by Crippen LogP contribution is 2.29. The Kier molecular flexibility index (Phi) is 4.54. The first-order chi connectivity index (χ1) is 9.56. The van der Waals surface area contributed by atoms with Gasteiger partial charge in [0.2, 0.25) is 0 Å². The molecule has 102 valence electrons. The molecular formula is C13H8NO4S2-. The van der Waals surface area contributed by atoms with Crippen molar-refractivity contribution in [2.24, 2.45) is 0 Å². The third kappa shape index (κ3) is 3.69. The molecule has 0 radical (unpaired) electrons. The summed E-state index contributed by atoms with van der Waals surface area (Å²) in [6.07, 6.45) is 1.51. The van der Waals surface area contributed by atoms with Crippen LogP contribution in [0.15, 0.2) is 50.9 Å². The SMILES string of the molecule is O=C([O-])/C(=C\c1ccsc1)Sc1ccc([N+](=O)[O-])cc1. The third-order valence-corrected chi connectivity index (χ3v) is 4.03. The number of benzene rings is 1. The van der Waals surface area contributed by atoms with Crippen molar-refractivity contribution in [2.75, 3.05) is 0 Å². The number of nitro benzene ring substituents is 1. The van der Waals surface area contributed by atoms with Gasteiger partial charge in [-0.05, 0) is 40.6 Å². The van der Waals surface area contributed by atoms with Gasteiger partial charge >= 0.3 is 0 Å². The fraction of sp³-hybridized carbons (Fsp3) is 0. The summed E-state index contributed by atoms with van der Waals surface area (Å²) in [6, 6.07) is 7.48. The molecule has 0 unspecified atom stereocenters. The Bertz CT molecular complexity index is 648. The van der Waals surface area contributed by atoms with E-state index in [1.807, 2.05) is 10.8 Å². The molecule has 0 aliphatic rings. The van der Waals surface area contributed by atoms with Gasteiger partial charge in [0.1, 0.15) is 0 Å². The zero-order chi connectivity index (χ0) is 14.5. The maximum atomic E-state index is 11.1. The summed E-state index contributed by atoms with van der Waals surface area (Å²) in [5.74, 6) is -1.28. The second kappa shape index (κ2) is 6.36. The Hall–Kier alpha value is -2.12. The van der Waals surface area contributed by atoms with Crippen LogP contribution in [-0.2, 0) is 4.79 Å². The minimum absolute atomic E-state index is 0.0360. The van der Waals surface area contributed by atoms with Gasteiger partial charge in [0.05, 0.1) is 10.9 Å². The van der Waals surface area contributed by atoms with Crippen LogP contribution < -0.4 is 5.11 Å². The molecule has 0 fully saturated rings. The number of hydrogen-bond donors (Lipinski definition) is 0. The van der Waals surface area contributed by atoms with Crippen molar-refractivity contribution in [1.82, 2.24) is 0 Å². The van der Waals surface area contributed by atoms with E-state index in [0.29, 0.717) is 4.90 Å². The average molecular weight is 306 g/mol. The lowest BCUT2D eigenvalue weighted by atomic mass is 10.3. The zero-order valence-corrected chi connectivity index (χ0v) is 11.6. The molecule has 2 rings (SSSR count). The number of hydrogen-bond acceptors (Lipinski definition) is 6. The number of aliphatic carboxylic acids is 1. The van der Waals surface area contributed by atoms with Crippen LogP contribution in [0.5, 0.6) is 0 Å². The number of carboxylic acids is 1. The van der Waals surface area contributed by atoms with Gasteiger partial charge in [0, 0.05) is 21.9 Å². The van der Waals surface area contributed by atoms with Gasteiger partial charge in [-0.2, -0.15) is 11.3 Å². The van der Waals surface area contributed by atoms with Gasteiger partial charge in [-0.25, -0.2) is 0 Å². The second-order valence-corrected chi connectivity index (χ2v) is 5.60. The molecule has 0 saturated carbocycles. The van der Waals surface area contributed by atoms with E-state index in [9.17, 15) is 20.0 Å². The van der Waals surface area contributed by atoms with Crippen LogP contribution in [0.1, 0.15) is 5.56 Å². The van der Waals surface area contributed by atoms with Crippen molar-refractivity contribution in [1.29, 1.82) is 0 Å². The summed E-state index contributed by atoms with van der Waals surface area (Å²) in [6.45, 7) is 0. The molecule has 0 aliphatic heterocycles. The Morgan fingerprint density at radius 1 is 1.25 bits per heavy atom. The molecule has 0 bridgehead atoms. The molecular weight excluding hydrogens is 298 g/mol. The van der Waals surface area contributed by atoms with Crippen LogP contribution >= 0.6 is 23.1 Å². The standard InChI is InChI=1S/C13H9NO4S2/c15-13(16)12(7-9-5-6-19-8-9)20-11-3-1-10(2-4-11)14(17)18/h1-8H,(H,15,16)/p-1/b12-7+. The maximum absolute atomic E-state index is 11.1. The Morgan fingerprint density at radius 2 is 1.95 bits per heavy atom. The predicted molar refractivity (Wildman–Crippen MR) is 76.3 cm³/mol. The molecule has 0 aliphatic carbocycles. The van der Waals surface area contributed by atoms with Gasteiger partial charge in [-0.15, -0.1) is 0 Å². The highest BCUT2D eigenvalue weighted by atomic mass is 32.2. The van der Waals surface area contributed by atoms with Crippen molar-refractivity contribution >= 4 is 40.8 Å². The smallest absolute Gasteiger partial charge is 0.269 e. The first-order valence-corrected chi connectivity index (χ1v) is 7.20. The van der Waals surface area contributed by atoms with Crippen LogP contribution in [-0.4, -0.2) is 10.9 Å². The lowest BCUT2D eigenvalue weighted by Gasteiger charge is -2.07. The molecule has 2 aromatic rings. The average Bonchev–Trinajstić information content (AvgIpc) is 2.91. The predicted octanol–water partition coefficient (Wildman–Crippen LogP) is 2.54. The fourth-order valence-electron chi connectivity index (χ4n) is 1.40. The van der Waals surface area contributed by atoms with Gasteiger partial charge in [0.15, 0.2) is 0 Å². The Labute approximate surface area is 122 Å². The van der Waals surface area contributed by atoms with Crippen molar-refractivity contribution in [3.63, 3.8) is 0 Å². The number of rotatable bonds is 5. The normalized spacial score (nSPS) is 11.3. The van der Waals surface area contributed by atoms with E-state index in [2.05, 4.69) is 0 Å². The summed E-state index contributed by atoms with van der Waals surface area (Å²) < 4.78 is 0. The first kappa shape index (κ1) is 14.3. The van der Waals surface area contributed by atoms with E-state index in [1.165, 1.54) is 41.7 Å². The number of thioether (sulfide) groups is 1. The molecule has 0 saturated heterocycles. The minimum Gasteiger partial charge on any atom is -0.544 e. The summed E-state index contributed by atoms with van der Waals surface area (Å²) in [7, 11) is 0. The Balaban J connectivity index is 2.20. The zero-order valence-electron chi connectivity index (χ0n) is 10.0. The molecule has 0 spiro atoms. The number of nitrogens with zero attached hydrogens (tertiary/aromatic N) is 1. The molecule has 5 nitrogen and oxygen atoms in total.